The molecule has 0 saturated heterocycles. The van der Waals surface area contributed by atoms with Gasteiger partial charge in [0.15, 0.2) is 12.1 Å². The highest BCUT2D eigenvalue weighted by atomic mass is 79.9. The van der Waals surface area contributed by atoms with Crippen molar-refractivity contribution in [3.8, 4) is 0 Å². The molecular formula is C6H7BrO3. The van der Waals surface area contributed by atoms with Gasteiger partial charge in [-0.3, -0.25) is 4.79 Å². The molecule has 0 aromatic rings. The quantitative estimate of drug-likeness (QED) is 0.638. The fraction of sp³-hybridized carbons (Fsp3) is 0.500. The third-order valence-electron chi connectivity index (χ3n) is 1.16. The fourth-order valence-electron chi connectivity index (χ4n) is 0.623. The molecule has 0 aromatic heterocycles. The Labute approximate surface area is 67.1 Å². The Bertz CT molecular complexity index is 176. The number of methoxy groups -OCH3 is 1. The minimum absolute atomic E-state index is 0.0479. The molecule has 0 bridgehead atoms. The first-order chi connectivity index (χ1) is 4.74. The normalized spacial score (nSPS) is 26.4. The Morgan fingerprint density at radius 3 is 3.10 bits per heavy atom. The van der Waals surface area contributed by atoms with Gasteiger partial charge in [0.1, 0.15) is 6.61 Å². The van der Waals surface area contributed by atoms with E-state index < -0.39 is 0 Å². The van der Waals surface area contributed by atoms with Gasteiger partial charge in [0, 0.05) is 7.11 Å². The Balaban J connectivity index is 2.65. The summed E-state index contributed by atoms with van der Waals surface area (Å²) in [5, 5.41) is 0. The first-order valence-corrected chi connectivity index (χ1v) is 3.58. The van der Waals surface area contributed by atoms with E-state index in [0.717, 1.165) is 0 Å². The van der Waals surface area contributed by atoms with Crippen molar-refractivity contribution in [2.75, 3.05) is 13.7 Å². The second-order valence-corrected chi connectivity index (χ2v) is 2.71. The van der Waals surface area contributed by atoms with Crippen molar-refractivity contribution < 1.29 is 14.3 Å². The number of ether oxygens (including phenoxy) is 2. The van der Waals surface area contributed by atoms with E-state index in [1.54, 1.807) is 6.08 Å². The van der Waals surface area contributed by atoms with Crippen molar-refractivity contribution in [2.45, 2.75) is 6.29 Å². The Morgan fingerprint density at radius 1 is 1.90 bits per heavy atom. The molecule has 0 fully saturated rings. The van der Waals surface area contributed by atoms with Crippen LogP contribution in [0, 0.1) is 0 Å². The maximum atomic E-state index is 10.8. The molecule has 4 heteroatoms. The number of carbonyl (C=O) groups excluding carboxylic acids is 1. The Morgan fingerprint density at radius 2 is 2.60 bits per heavy atom. The molecule has 56 valence electrons. The second-order valence-electron chi connectivity index (χ2n) is 1.85. The van der Waals surface area contributed by atoms with Crippen molar-refractivity contribution in [3.63, 3.8) is 0 Å². The van der Waals surface area contributed by atoms with E-state index in [4.69, 9.17) is 9.47 Å². The molecule has 0 spiro atoms. The standard InChI is InChI=1S/C6H7BrO3/c1-9-6-2-4(7)5(8)3-10-6/h2,6H,3H2,1H3/t6-/m1/s1. The minimum atomic E-state index is -0.382. The van der Waals surface area contributed by atoms with Gasteiger partial charge in [0.05, 0.1) is 4.48 Å². The summed E-state index contributed by atoms with van der Waals surface area (Å²) in [5.74, 6) is -0.0479. The SMILES string of the molecule is CO[C@H]1C=C(Br)C(=O)CO1. The van der Waals surface area contributed by atoms with Gasteiger partial charge in [-0.2, -0.15) is 0 Å². The summed E-state index contributed by atoms with van der Waals surface area (Å²) >= 11 is 3.09. The van der Waals surface area contributed by atoms with Gasteiger partial charge in [-0.25, -0.2) is 0 Å². The minimum Gasteiger partial charge on any atom is -0.352 e. The zero-order valence-corrected chi connectivity index (χ0v) is 7.05. The van der Waals surface area contributed by atoms with Crippen LogP contribution >= 0.6 is 15.9 Å². The molecule has 1 rings (SSSR count). The maximum Gasteiger partial charge on any atom is 0.195 e. The largest absolute Gasteiger partial charge is 0.352 e. The zero-order valence-electron chi connectivity index (χ0n) is 5.46. The van der Waals surface area contributed by atoms with Crippen LogP contribution in [0.1, 0.15) is 0 Å². The van der Waals surface area contributed by atoms with Crippen LogP contribution in [0.3, 0.4) is 0 Å². The zero-order chi connectivity index (χ0) is 7.56. The average molecular weight is 207 g/mol. The molecule has 1 aliphatic heterocycles. The molecule has 0 unspecified atom stereocenters. The van der Waals surface area contributed by atoms with E-state index in [1.165, 1.54) is 7.11 Å². The molecular weight excluding hydrogens is 200 g/mol. The number of carbonyl (C=O) groups is 1. The smallest absolute Gasteiger partial charge is 0.195 e. The maximum absolute atomic E-state index is 10.8. The van der Waals surface area contributed by atoms with Crippen molar-refractivity contribution in [2.24, 2.45) is 0 Å². The number of Topliss-reactive ketones (excluding diaryl/α,β-unsaturated/α-hetero) is 1. The summed E-state index contributed by atoms with van der Waals surface area (Å²) in [6.07, 6.45) is 1.21. The molecule has 0 saturated carbocycles. The first-order valence-electron chi connectivity index (χ1n) is 2.79. The number of rotatable bonds is 1. The summed E-state index contributed by atoms with van der Waals surface area (Å²) in [5.41, 5.74) is 0. The molecule has 0 amide bonds. The van der Waals surface area contributed by atoms with Crippen LogP contribution in [-0.2, 0) is 14.3 Å². The van der Waals surface area contributed by atoms with Crippen LogP contribution < -0.4 is 0 Å². The molecule has 0 radical (unpaired) electrons. The topological polar surface area (TPSA) is 35.5 Å². The van der Waals surface area contributed by atoms with Crippen molar-refractivity contribution in [1.82, 2.24) is 0 Å². The van der Waals surface area contributed by atoms with Crippen molar-refractivity contribution in [1.29, 1.82) is 0 Å². The van der Waals surface area contributed by atoms with Gasteiger partial charge in [0.2, 0.25) is 0 Å². The van der Waals surface area contributed by atoms with Gasteiger partial charge in [0.25, 0.3) is 0 Å². The predicted molar refractivity (Wildman–Crippen MR) is 38.8 cm³/mol. The van der Waals surface area contributed by atoms with E-state index in [9.17, 15) is 4.79 Å². The summed E-state index contributed by atoms with van der Waals surface area (Å²) in [6, 6.07) is 0. The molecule has 0 N–H and O–H groups in total. The van der Waals surface area contributed by atoms with E-state index in [2.05, 4.69) is 15.9 Å². The van der Waals surface area contributed by atoms with Crippen LogP contribution in [0.5, 0.6) is 0 Å². The molecule has 0 aliphatic carbocycles. The molecule has 1 aliphatic rings. The van der Waals surface area contributed by atoms with Crippen molar-refractivity contribution >= 4 is 21.7 Å². The van der Waals surface area contributed by atoms with E-state index in [1.807, 2.05) is 0 Å². The van der Waals surface area contributed by atoms with E-state index in [0.29, 0.717) is 4.48 Å². The van der Waals surface area contributed by atoms with Gasteiger partial charge in [-0.05, 0) is 22.0 Å². The molecule has 3 nitrogen and oxygen atoms in total. The van der Waals surface area contributed by atoms with Crippen LogP contribution in [-0.4, -0.2) is 25.8 Å². The predicted octanol–water partition coefficient (Wildman–Crippen LogP) is 0.837. The van der Waals surface area contributed by atoms with E-state index >= 15 is 0 Å². The van der Waals surface area contributed by atoms with Crippen LogP contribution in [0.4, 0.5) is 0 Å². The van der Waals surface area contributed by atoms with Crippen LogP contribution in [0.25, 0.3) is 0 Å². The fourth-order valence-corrected chi connectivity index (χ4v) is 0.954. The van der Waals surface area contributed by atoms with Gasteiger partial charge in [-0.15, -0.1) is 0 Å². The number of hydrogen-bond acceptors (Lipinski definition) is 3. The van der Waals surface area contributed by atoms with Gasteiger partial charge >= 0.3 is 0 Å². The van der Waals surface area contributed by atoms with Gasteiger partial charge < -0.3 is 9.47 Å². The number of ketones is 1. The number of hydrogen-bond donors (Lipinski definition) is 0. The third-order valence-corrected chi connectivity index (χ3v) is 1.87. The molecule has 1 atom stereocenters. The summed E-state index contributed by atoms with van der Waals surface area (Å²) < 4.78 is 10.3. The lowest BCUT2D eigenvalue weighted by Gasteiger charge is -2.16. The lowest BCUT2D eigenvalue weighted by atomic mass is 10.3. The summed E-state index contributed by atoms with van der Waals surface area (Å²) in [4.78, 5) is 10.8. The van der Waals surface area contributed by atoms with Crippen LogP contribution in [0.15, 0.2) is 10.6 Å². The molecule has 10 heavy (non-hydrogen) atoms. The van der Waals surface area contributed by atoms with Crippen molar-refractivity contribution in [3.05, 3.63) is 10.6 Å². The van der Waals surface area contributed by atoms with Crippen LogP contribution in [0.2, 0.25) is 0 Å². The lowest BCUT2D eigenvalue weighted by Crippen LogP contribution is -2.24. The monoisotopic (exact) mass is 206 g/mol. The highest BCUT2D eigenvalue weighted by Crippen LogP contribution is 2.15. The highest BCUT2D eigenvalue weighted by molar-refractivity contribution is 9.12. The lowest BCUT2D eigenvalue weighted by molar-refractivity contribution is -0.136. The summed E-state index contributed by atoms with van der Waals surface area (Å²) in [6.45, 7) is 0.0928. The Hall–Kier alpha value is -0.190. The first kappa shape index (κ1) is 7.91. The number of halogens is 1. The summed E-state index contributed by atoms with van der Waals surface area (Å²) in [7, 11) is 1.53. The highest BCUT2D eigenvalue weighted by Gasteiger charge is 2.17. The van der Waals surface area contributed by atoms with Gasteiger partial charge in [-0.1, -0.05) is 0 Å². The molecule has 1 heterocycles. The van der Waals surface area contributed by atoms with E-state index in [-0.39, 0.29) is 18.7 Å². The second kappa shape index (κ2) is 3.27. The third kappa shape index (κ3) is 1.65. The Kier molecular flexibility index (Phi) is 2.59. The average Bonchev–Trinajstić information content (AvgIpc) is 1.95. The molecule has 0 aromatic carbocycles.